The average molecular weight is 304 g/mol. The molecule has 1 N–H and O–H groups in total. The zero-order valence-corrected chi connectivity index (χ0v) is 12.5. The molecule has 0 fully saturated rings. The van der Waals surface area contributed by atoms with E-state index in [0.717, 1.165) is 38.3 Å². The Morgan fingerprint density at radius 1 is 1.05 bits per heavy atom. The van der Waals surface area contributed by atoms with Gasteiger partial charge in [0.25, 0.3) is 0 Å². The summed E-state index contributed by atoms with van der Waals surface area (Å²) >= 11 is 0. The molecule has 0 aliphatic carbocycles. The van der Waals surface area contributed by atoms with Gasteiger partial charge in [-0.25, -0.2) is 0 Å². The summed E-state index contributed by atoms with van der Waals surface area (Å²) in [7, 11) is 0. The van der Waals surface area contributed by atoms with Crippen molar-refractivity contribution in [1.29, 1.82) is 0 Å². The monoisotopic (exact) mass is 304 g/mol. The van der Waals surface area contributed by atoms with Gasteiger partial charge < -0.3 is 15.0 Å². The van der Waals surface area contributed by atoms with Crippen LogP contribution in [-0.2, 0) is 6.18 Å². The number of halogens is 3. The summed E-state index contributed by atoms with van der Waals surface area (Å²) in [6.45, 7) is 9.26. The average Bonchev–Trinajstić information content (AvgIpc) is 2.46. The van der Waals surface area contributed by atoms with Crippen LogP contribution in [0.2, 0.25) is 0 Å². The van der Waals surface area contributed by atoms with Crippen molar-refractivity contribution >= 4 is 0 Å². The van der Waals surface area contributed by atoms with E-state index in [-0.39, 0.29) is 0 Å². The van der Waals surface area contributed by atoms with E-state index >= 15 is 0 Å². The molecule has 0 aliphatic rings. The SMILES string of the molecule is CCN(CC)CCNCCOc1ccc(C(F)(F)F)cc1. The van der Waals surface area contributed by atoms with Gasteiger partial charge >= 0.3 is 6.18 Å². The number of rotatable bonds is 9. The molecule has 3 nitrogen and oxygen atoms in total. The third-order valence-corrected chi connectivity index (χ3v) is 3.23. The molecule has 0 spiro atoms. The van der Waals surface area contributed by atoms with Crippen LogP contribution in [0.5, 0.6) is 5.75 Å². The second kappa shape index (κ2) is 8.89. The van der Waals surface area contributed by atoms with E-state index in [9.17, 15) is 13.2 Å². The Morgan fingerprint density at radius 2 is 1.67 bits per heavy atom. The van der Waals surface area contributed by atoms with Gasteiger partial charge in [-0.15, -0.1) is 0 Å². The first-order chi connectivity index (χ1) is 9.97. The Hall–Kier alpha value is -1.27. The highest BCUT2D eigenvalue weighted by Gasteiger charge is 2.29. The second-order valence-electron chi connectivity index (χ2n) is 4.65. The van der Waals surface area contributed by atoms with E-state index < -0.39 is 11.7 Å². The molecule has 1 rings (SSSR count). The van der Waals surface area contributed by atoms with Crippen LogP contribution >= 0.6 is 0 Å². The molecule has 6 heteroatoms. The predicted octanol–water partition coefficient (Wildman–Crippen LogP) is 3.02. The normalized spacial score (nSPS) is 11.9. The molecule has 21 heavy (non-hydrogen) atoms. The van der Waals surface area contributed by atoms with Gasteiger partial charge in [-0.3, -0.25) is 0 Å². The number of ether oxygens (including phenoxy) is 1. The standard InChI is InChI=1S/C15H23F3N2O/c1-3-20(4-2)11-9-19-10-12-21-14-7-5-13(6-8-14)15(16,17)18/h5-8,19H,3-4,9-12H2,1-2H3. The van der Waals surface area contributed by atoms with Crippen molar-refractivity contribution in [3.8, 4) is 5.75 Å². The summed E-state index contributed by atoms with van der Waals surface area (Å²) < 4.78 is 42.5. The minimum atomic E-state index is -4.30. The highest BCUT2D eigenvalue weighted by molar-refractivity contribution is 5.28. The highest BCUT2D eigenvalue weighted by atomic mass is 19.4. The summed E-state index contributed by atoms with van der Waals surface area (Å²) in [6, 6.07) is 4.75. The maximum atomic E-state index is 12.4. The molecule has 1 aromatic rings. The minimum absolute atomic E-state index is 0.434. The minimum Gasteiger partial charge on any atom is -0.492 e. The number of hydrogen-bond donors (Lipinski definition) is 1. The van der Waals surface area contributed by atoms with E-state index in [1.165, 1.54) is 12.1 Å². The Labute approximate surface area is 124 Å². The topological polar surface area (TPSA) is 24.5 Å². The van der Waals surface area contributed by atoms with Crippen molar-refractivity contribution in [1.82, 2.24) is 10.2 Å². The predicted molar refractivity (Wildman–Crippen MR) is 77.6 cm³/mol. The van der Waals surface area contributed by atoms with Crippen molar-refractivity contribution in [2.24, 2.45) is 0 Å². The Morgan fingerprint density at radius 3 is 2.19 bits per heavy atom. The van der Waals surface area contributed by atoms with Crippen LogP contribution in [0.15, 0.2) is 24.3 Å². The Balaban J connectivity index is 2.18. The lowest BCUT2D eigenvalue weighted by Crippen LogP contribution is -2.33. The van der Waals surface area contributed by atoms with Crippen molar-refractivity contribution < 1.29 is 17.9 Å². The molecule has 0 unspecified atom stereocenters. The zero-order valence-electron chi connectivity index (χ0n) is 12.5. The Kier molecular flexibility index (Phi) is 7.53. The lowest BCUT2D eigenvalue weighted by atomic mass is 10.2. The van der Waals surface area contributed by atoms with Crippen LogP contribution in [0.4, 0.5) is 13.2 Å². The molecule has 0 aromatic heterocycles. The Bertz CT molecular complexity index is 389. The molecule has 0 saturated carbocycles. The van der Waals surface area contributed by atoms with Gasteiger partial charge in [0.15, 0.2) is 0 Å². The highest BCUT2D eigenvalue weighted by Crippen LogP contribution is 2.30. The maximum Gasteiger partial charge on any atom is 0.416 e. The summed E-state index contributed by atoms with van der Waals surface area (Å²) in [4.78, 5) is 2.31. The molecule has 0 bridgehead atoms. The molecule has 120 valence electrons. The summed E-state index contributed by atoms with van der Waals surface area (Å²) in [5.41, 5.74) is -0.660. The number of likely N-dealkylation sites (N-methyl/N-ethyl adjacent to an activating group) is 1. The molecular formula is C15H23F3N2O. The smallest absolute Gasteiger partial charge is 0.416 e. The van der Waals surface area contributed by atoms with Gasteiger partial charge in [0.1, 0.15) is 12.4 Å². The third-order valence-electron chi connectivity index (χ3n) is 3.23. The molecule has 0 aliphatic heterocycles. The van der Waals surface area contributed by atoms with Crippen molar-refractivity contribution in [2.45, 2.75) is 20.0 Å². The third kappa shape index (κ3) is 6.82. The lowest BCUT2D eigenvalue weighted by molar-refractivity contribution is -0.137. The first-order valence-corrected chi connectivity index (χ1v) is 7.20. The largest absolute Gasteiger partial charge is 0.492 e. The fourth-order valence-corrected chi connectivity index (χ4v) is 1.88. The van der Waals surface area contributed by atoms with Crippen molar-refractivity contribution in [3.05, 3.63) is 29.8 Å². The number of nitrogens with zero attached hydrogens (tertiary/aromatic N) is 1. The van der Waals surface area contributed by atoms with Gasteiger partial charge in [-0.1, -0.05) is 13.8 Å². The van der Waals surface area contributed by atoms with E-state index in [2.05, 4.69) is 24.1 Å². The van der Waals surface area contributed by atoms with E-state index in [4.69, 9.17) is 4.74 Å². The number of nitrogens with one attached hydrogen (secondary N) is 1. The number of benzene rings is 1. The van der Waals surface area contributed by atoms with E-state index in [1.807, 2.05) is 0 Å². The fraction of sp³-hybridized carbons (Fsp3) is 0.600. The maximum absolute atomic E-state index is 12.4. The number of alkyl halides is 3. The van der Waals surface area contributed by atoms with Crippen LogP contribution in [0.3, 0.4) is 0 Å². The van der Waals surface area contributed by atoms with Gasteiger partial charge in [-0.2, -0.15) is 13.2 Å². The van der Waals surface area contributed by atoms with E-state index in [0.29, 0.717) is 18.9 Å². The van der Waals surface area contributed by atoms with Gasteiger partial charge in [0.05, 0.1) is 5.56 Å². The first kappa shape index (κ1) is 17.8. The van der Waals surface area contributed by atoms with Gasteiger partial charge in [0.2, 0.25) is 0 Å². The van der Waals surface area contributed by atoms with Gasteiger partial charge in [-0.05, 0) is 37.4 Å². The van der Waals surface area contributed by atoms with Crippen LogP contribution in [0.25, 0.3) is 0 Å². The molecular weight excluding hydrogens is 281 g/mol. The van der Waals surface area contributed by atoms with E-state index in [1.54, 1.807) is 0 Å². The summed E-state index contributed by atoms with van der Waals surface area (Å²) in [6.07, 6.45) is -4.30. The number of hydrogen-bond acceptors (Lipinski definition) is 3. The molecule has 0 saturated heterocycles. The quantitative estimate of drug-likeness (QED) is 0.710. The molecule has 0 heterocycles. The zero-order chi connectivity index (χ0) is 15.7. The fourth-order valence-electron chi connectivity index (χ4n) is 1.88. The van der Waals surface area contributed by atoms with Crippen molar-refractivity contribution in [2.75, 3.05) is 39.3 Å². The molecule has 0 atom stereocenters. The summed E-state index contributed by atoms with van der Waals surface area (Å²) in [5, 5.41) is 3.24. The second-order valence-corrected chi connectivity index (χ2v) is 4.65. The lowest BCUT2D eigenvalue weighted by Gasteiger charge is -2.18. The van der Waals surface area contributed by atoms with Crippen molar-refractivity contribution in [3.63, 3.8) is 0 Å². The molecule has 0 radical (unpaired) electrons. The molecule has 0 amide bonds. The van der Waals surface area contributed by atoms with Crippen LogP contribution in [0.1, 0.15) is 19.4 Å². The van der Waals surface area contributed by atoms with Crippen LogP contribution in [0, 0.1) is 0 Å². The molecule has 1 aromatic carbocycles. The van der Waals surface area contributed by atoms with Crippen LogP contribution < -0.4 is 10.1 Å². The van der Waals surface area contributed by atoms with Gasteiger partial charge in [0, 0.05) is 19.6 Å². The van der Waals surface area contributed by atoms with Crippen LogP contribution in [-0.4, -0.2) is 44.2 Å². The summed E-state index contributed by atoms with van der Waals surface area (Å²) in [5.74, 6) is 0.452. The first-order valence-electron chi connectivity index (χ1n) is 7.20.